The van der Waals surface area contributed by atoms with E-state index < -0.39 is 0 Å². The van der Waals surface area contributed by atoms with Crippen LogP contribution in [0.25, 0.3) is 0 Å². The SMILES string of the molecule is CC1CCCC(C(=O)C2CC3CC3C2)C1. The molecule has 0 spiro atoms. The Morgan fingerprint density at radius 3 is 2.33 bits per heavy atom. The highest BCUT2D eigenvalue weighted by molar-refractivity contribution is 5.84. The topological polar surface area (TPSA) is 17.1 Å². The first-order valence-electron chi connectivity index (χ1n) is 6.77. The Hall–Kier alpha value is -0.330. The highest BCUT2D eigenvalue weighted by Gasteiger charge is 2.48. The molecule has 3 saturated carbocycles. The second-order valence-corrected chi connectivity index (χ2v) is 6.30. The standard InChI is InChI=1S/C14H22O/c1-9-3-2-4-10(5-9)14(15)13-7-11-6-12(11)8-13/h9-13H,2-8H2,1H3. The van der Waals surface area contributed by atoms with Gasteiger partial charge in [0, 0.05) is 11.8 Å². The molecular formula is C14H22O. The Morgan fingerprint density at radius 1 is 0.933 bits per heavy atom. The molecular weight excluding hydrogens is 184 g/mol. The van der Waals surface area contributed by atoms with Crippen LogP contribution in [-0.4, -0.2) is 5.78 Å². The van der Waals surface area contributed by atoms with Gasteiger partial charge in [-0.3, -0.25) is 4.79 Å². The fraction of sp³-hybridized carbons (Fsp3) is 0.929. The number of ketones is 1. The van der Waals surface area contributed by atoms with Gasteiger partial charge in [0.15, 0.2) is 0 Å². The van der Waals surface area contributed by atoms with Crippen molar-refractivity contribution in [3.05, 3.63) is 0 Å². The number of hydrogen-bond acceptors (Lipinski definition) is 1. The summed E-state index contributed by atoms with van der Waals surface area (Å²) in [5.41, 5.74) is 0. The largest absolute Gasteiger partial charge is 0.299 e. The van der Waals surface area contributed by atoms with Crippen molar-refractivity contribution in [1.29, 1.82) is 0 Å². The maximum absolute atomic E-state index is 12.3. The number of rotatable bonds is 2. The van der Waals surface area contributed by atoms with Gasteiger partial charge in [-0.25, -0.2) is 0 Å². The third-order valence-corrected chi connectivity index (χ3v) is 4.98. The summed E-state index contributed by atoms with van der Waals surface area (Å²) in [5, 5.41) is 0. The zero-order valence-electron chi connectivity index (χ0n) is 9.74. The molecule has 1 nitrogen and oxygen atoms in total. The van der Waals surface area contributed by atoms with Crippen LogP contribution in [0.3, 0.4) is 0 Å². The van der Waals surface area contributed by atoms with Crippen molar-refractivity contribution in [2.24, 2.45) is 29.6 Å². The van der Waals surface area contributed by atoms with E-state index in [2.05, 4.69) is 6.92 Å². The molecule has 0 saturated heterocycles. The first-order chi connectivity index (χ1) is 7.24. The predicted molar refractivity (Wildman–Crippen MR) is 60.5 cm³/mol. The smallest absolute Gasteiger partial charge is 0.139 e. The minimum absolute atomic E-state index is 0.441. The molecule has 1 heteroatoms. The fourth-order valence-electron chi connectivity index (χ4n) is 3.97. The normalized spacial score (nSPS) is 48.7. The lowest BCUT2D eigenvalue weighted by Gasteiger charge is -2.27. The molecule has 4 atom stereocenters. The Morgan fingerprint density at radius 2 is 1.67 bits per heavy atom. The van der Waals surface area contributed by atoms with E-state index in [1.807, 2.05) is 0 Å². The van der Waals surface area contributed by atoms with E-state index in [9.17, 15) is 4.79 Å². The van der Waals surface area contributed by atoms with Crippen LogP contribution in [0, 0.1) is 29.6 Å². The zero-order valence-corrected chi connectivity index (χ0v) is 9.74. The fourth-order valence-corrected chi connectivity index (χ4v) is 3.97. The van der Waals surface area contributed by atoms with Crippen molar-refractivity contribution in [3.63, 3.8) is 0 Å². The van der Waals surface area contributed by atoms with Crippen LogP contribution >= 0.6 is 0 Å². The van der Waals surface area contributed by atoms with Crippen LogP contribution in [0.2, 0.25) is 0 Å². The monoisotopic (exact) mass is 206 g/mol. The molecule has 3 aliphatic rings. The molecule has 84 valence electrons. The molecule has 0 bridgehead atoms. The number of carbonyl (C=O) groups is 1. The van der Waals surface area contributed by atoms with Gasteiger partial charge in [-0.2, -0.15) is 0 Å². The quantitative estimate of drug-likeness (QED) is 0.676. The van der Waals surface area contributed by atoms with Crippen LogP contribution in [0.15, 0.2) is 0 Å². The lowest BCUT2D eigenvalue weighted by Crippen LogP contribution is -2.27. The van der Waals surface area contributed by atoms with Crippen molar-refractivity contribution in [1.82, 2.24) is 0 Å². The summed E-state index contributed by atoms with van der Waals surface area (Å²) in [6.45, 7) is 2.31. The first-order valence-corrected chi connectivity index (χ1v) is 6.77. The minimum atomic E-state index is 0.441. The Labute approximate surface area is 92.6 Å². The molecule has 3 fully saturated rings. The van der Waals surface area contributed by atoms with Crippen molar-refractivity contribution in [2.45, 2.75) is 51.9 Å². The molecule has 0 aliphatic heterocycles. The van der Waals surface area contributed by atoms with E-state index in [1.54, 1.807) is 0 Å². The third kappa shape index (κ3) is 1.86. The van der Waals surface area contributed by atoms with Gasteiger partial charge in [-0.1, -0.05) is 19.8 Å². The van der Waals surface area contributed by atoms with Crippen LogP contribution in [0.4, 0.5) is 0 Å². The summed E-state index contributed by atoms with van der Waals surface area (Å²) in [5.74, 6) is 4.28. The summed E-state index contributed by atoms with van der Waals surface area (Å²) in [6, 6.07) is 0. The average molecular weight is 206 g/mol. The molecule has 15 heavy (non-hydrogen) atoms. The second-order valence-electron chi connectivity index (χ2n) is 6.30. The van der Waals surface area contributed by atoms with Crippen molar-refractivity contribution >= 4 is 5.78 Å². The van der Waals surface area contributed by atoms with Crippen LogP contribution in [0.5, 0.6) is 0 Å². The minimum Gasteiger partial charge on any atom is -0.299 e. The summed E-state index contributed by atoms with van der Waals surface area (Å²) in [6.07, 6.45) is 8.93. The Kier molecular flexibility index (Phi) is 2.37. The second kappa shape index (κ2) is 3.61. The van der Waals surface area contributed by atoms with Crippen molar-refractivity contribution in [2.75, 3.05) is 0 Å². The molecule has 0 aromatic heterocycles. The van der Waals surface area contributed by atoms with Gasteiger partial charge in [0.25, 0.3) is 0 Å². The maximum Gasteiger partial charge on any atom is 0.139 e. The molecule has 3 rings (SSSR count). The number of Topliss-reactive ketones (excluding diaryl/α,β-unsaturated/α-hetero) is 1. The first kappa shape index (κ1) is 9.86. The highest BCUT2D eigenvalue weighted by Crippen LogP contribution is 2.55. The molecule has 0 heterocycles. The number of carbonyl (C=O) groups excluding carboxylic acids is 1. The van der Waals surface area contributed by atoms with Gasteiger partial charge >= 0.3 is 0 Å². The van der Waals surface area contributed by atoms with Gasteiger partial charge < -0.3 is 0 Å². The van der Waals surface area contributed by atoms with Crippen LogP contribution < -0.4 is 0 Å². The van der Waals surface area contributed by atoms with E-state index in [0.29, 0.717) is 17.6 Å². The summed E-state index contributed by atoms with van der Waals surface area (Å²) in [4.78, 5) is 12.3. The lowest BCUT2D eigenvalue weighted by molar-refractivity contribution is -0.128. The van der Waals surface area contributed by atoms with Gasteiger partial charge in [-0.15, -0.1) is 0 Å². The van der Waals surface area contributed by atoms with E-state index >= 15 is 0 Å². The summed E-state index contributed by atoms with van der Waals surface area (Å²) < 4.78 is 0. The summed E-state index contributed by atoms with van der Waals surface area (Å²) in [7, 11) is 0. The average Bonchev–Trinajstić information content (AvgIpc) is 2.85. The zero-order chi connectivity index (χ0) is 10.4. The maximum atomic E-state index is 12.3. The van der Waals surface area contributed by atoms with Crippen molar-refractivity contribution in [3.8, 4) is 0 Å². The molecule has 0 amide bonds. The van der Waals surface area contributed by atoms with E-state index in [1.165, 1.54) is 44.9 Å². The molecule has 4 unspecified atom stereocenters. The predicted octanol–water partition coefficient (Wildman–Crippen LogP) is 3.43. The summed E-state index contributed by atoms with van der Waals surface area (Å²) >= 11 is 0. The Balaban J connectivity index is 1.59. The number of hydrogen-bond donors (Lipinski definition) is 0. The van der Waals surface area contributed by atoms with Gasteiger partial charge in [0.05, 0.1) is 0 Å². The molecule has 0 aromatic rings. The molecule has 0 N–H and O–H groups in total. The lowest BCUT2D eigenvalue weighted by atomic mass is 9.76. The van der Waals surface area contributed by atoms with Crippen LogP contribution in [0.1, 0.15) is 51.9 Å². The third-order valence-electron chi connectivity index (χ3n) is 4.98. The van der Waals surface area contributed by atoms with Gasteiger partial charge in [-0.05, 0) is 49.9 Å². The van der Waals surface area contributed by atoms with E-state index in [0.717, 1.165) is 17.8 Å². The number of fused-ring (bicyclic) bond motifs is 1. The molecule has 3 aliphatic carbocycles. The molecule has 0 radical (unpaired) electrons. The van der Waals surface area contributed by atoms with Gasteiger partial charge in [0.1, 0.15) is 5.78 Å². The molecule has 0 aromatic carbocycles. The van der Waals surface area contributed by atoms with Crippen molar-refractivity contribution < 1.29 is 4.79 Å². The van der Waals surface area contributed by atoms with Gasteiger partial charge in [0.2, 0.25) is 0 Å². The van der Waals surface area contributed by atoms with Crippen LogP contribution in [-0.2, 0) is 4.79 Å². The van der Waals surface area contributed by atoms with E-state index in [-0.39, 0.29) is 0 Å². The van der Waals surface area contributed by atoms with E-state index in [4.69, 9.17) is 0 Å². The highest BCUT2D eigenvalue weighted by atomic mass is 16.1. The Bertz CT molecular complexity index is 261.